The highest BCUT2D eigenvalue weighted by atomic mass is 79.9. The molecule has 0 saturated heterocycles. The number of hydrogen-bond acceptors (Lipinski definition) is 4. The minimum absolute atomic E-state index is 0.0711. The molecule has 0 aliphatic heterocycles. The van der Waals surface area contributed by atoms with Gasteiger partial charge in [-0.25, -0.2) is 14.1 Å². The number of benzene rings is 2. The maximum Gasteiger partial charge on any atom is 0.418 e. The number of anilines is 2. The van der Waals surface area contributed by atoms with Crippen molar-refractivity contribution >= 4 is 50.9 Å². The Morgan fingerprint density at radius 3 is 2.37 bits per heavy atom. The molecule has 2 amide bonds. The highest BCUT2D eigenvalue weighted by Gasteiger charge is 2.22. The van der Waals surface area contributed by atoms with Crippen molar-refractivity contribution < 1.29 is 18.7 Å². The van der Waals surface area contributed by atoms with Crippen LogP contribution in [0.1, 0.15) is 13.8 Å². The molecular formula is C19H19BrClFN2O3. The third-order valence-corrected chi connectivity index (χ3v) is 4.25. The number of amides is 2. The molecule has 0 radical (unpaired) electrons. The molecule has 0 saturated carbocycles. The Kier molecular flexibility index (Phi) is 7.62. The average molecular weight is 458 g/mol. The minimum atomic E-state index is -0.849. The van der Waals surface area contributed by atoms with Crippen LogP contribution in [0.4, 0.5) is 20.6 Å². The molecule has 0 aromatic heterocycles. The van der Waals surface area contributed by atoms with Gasteiger partial charge in [0.2, 0.25) is 5.91 Å². The first-order valence-electron chi connectivity index (χ1n) is 8.19. The van der Waals surface area contributed by atoms with Crippen LogP contribution in [-0.2, 0) is 9.53 Å². The maximum atomic E-state index is 13.3. The van der Waals surface area contributed by atoms with Crippen LogP contribution in [0.25, 0.3) is 0 Å². The van der Waals surface area contributed by atoms with E-state index in [0.29, 0.717) is 0 Å². The van der Waals surface area contributed by atoms with Gasteiger partial charge in [0.1, 0.15) is 5.82 Å². The summed E-state index contributed by atoms with van der Waals surface area (Å²) in [4.78, 5) is 26.8. The van der Waals surface area contributed by atoms with Gasteiger partial charge in [0.05, 0.1) is 0 Å². The highest BCUT2D eigenvalue weighted by Crippen LogP contribution is 2.27. The monoisotopic (exact) mass is 456 g/mol. The van der Waals surface area contributed by atoms with E-state index < -0.39 is 17.6 Å². The first-order chi connectivity index (χ1) is 12.8. The lowest BCUT2D eigenvalue weighted by Crippen LogP contribution is -2.41. The van der Waals surface area contributed by atoms with Crippen LogP contribution in [0.5, 0.6) is 0 Å². The molecule has 144 valence electrons. The van der Waals surface area contributed by atoms with Crippen LogP contribution in [-0.4, -0.2) is 35.6 Å². The lowest BCUT2D eigenvalue weighted by Gasteiger charge is -2.28. The fourth-order valence-electron chi connectivity index (χ4n) is 2.45. The lowest BCUT2D eigenvalue weighted by molar-refractivity contribution is -0.127. The van der Waals surface area contributed by atoms with Crippen LogP contribution in [0.15, 0.2) is 53.0 Å². The quantitative estimate of drug-likeness (QED) is 0.553. The molecule has 0 spiro atoms. The summed E-state index contributed by atoms with van der Waals surface area (Å²) >= 11 is 9.10. The summed E-state index contributed by atoms with van der Waals surface area (Å²) in [6, 6.07) is 13.5. The number of carbonyl (C=O) groups is 2. The first-order valence-corrected chi connectivity index (χ1v) is 9.42. The van der Waals surface area contributed by atoms with E-state index in [2.05, 4.69) is 15.9 Å². The standard InChI is InChI=1S/C19H19BrClFN2O3/c1-13(21)27-19(26)23(14(2)25)10-11-24(17-8-6-16(22)7-9-17)18-5-3-4-15(20)12-18/h3-9,12-13H,10-11H2,1-2H3. The summed E-state index contributed by atoms with van der Waals surface area (Å²) < 4.78 is 19.1. The largest absolute Gasteiger partial charge is 0.430 e. The zero-order chi connectivity index (χ0) is 20.0. The number of hydrogen-bond donors (Lipinski definition) is 0. The molecule has 5 nitrogen and oxygen atoms in total. The molecule has 0 aliphatic rings. The Labute approximate surface area is 170 Å². The zero-order valence-corrected chi connectivity index (χ0v) is 17.2. The predicted molar refractivity (Wildman–Crippen MR) is 107 cm³/mol. The van der Waals surface area contributed by atoms with Crippen LogP contribution >= 0.6 is 27.5 Å². The molecule has 27 heavy (non-hydrogen) atoms. The van der Waals surface area contributed by atoms with Crippen LogP contribution in [0.3, 0.4) is 0 Å². The van der Waals surface area contributed by atoms with E-state index in [0.717, 1.165) is 20.7 Å². The number of imide groups is 1. The molecule has 0 N–H and O–H groups in total. The second-order valence-corrected chi connectivity index (χ2v) is 7.24. The molecule has 2 aromatic rings. The summed E-state index contributed by atoms with van der Waals surface area (Å²) in [5.74, 6) is -0.802. The van der Waals surface area contributed by atoms with E-state index in [1.165, 1.54) is 26.0 Å². The number of alkyl halides is 1. The van der Waals surface area contributed by atoms with Gasteiger partial charge in [-0.3, -0.25) is 4.79 Å². The average Bonchev–Trinajstić information content (AvgIpc) is 2.58. The topological polar surface area (TPSA) is 49.9 Å². The van der Waals surface area contributed by atoms with Crippen LogP contribution in [0.2, 0.25) is 0 Å². The SMILES string of the molecule is CC(=O)N(CCN(c1ccc(F)cc1)c1cccc(Br)c1)C(=O)OC(C)Cl. The molecule has 0 fully saturated rings. The second kappa shape index (κ2) is 9.71. The number of rotatable bonds is 6. The van der Waals surface area contributed by atoms with Crippen LogP contribution < -0.4 is 4.90 Å². The van der Waals surface area contributed by atoms with Gasteiger partial charge in [-0.2, -0.15) is 0 Å². The Bertz CT molecular complexity index is 802. The first kappa shape index (κ1) is 21.2. The van der Waals surface area contributed by atoms with Crippen molar-refractivity contribution in [3.8, 4) is 0 Å². The second-order valence-electron chi connectivity index (χ2n) is 5.71. The Hall–Kier alpha value is -2.12. The van der Waals surface area contributed by atoms with Gasteiger partial charge in [-0.15, -0.1) is 0 Å². The van der Waals surface area contributed by atoms with E-state index in [4.69, 9.17) is 16.3 Å². The Balaban J connectivity index is 2.27. The van der Waals surface area contributed by atoms with Gasteiger partial charge in [-0.1, -0.05) is 33.6 Å². The molecule has 0 bridgehead atoms. The Morgan fingerprint density at radius 1 is 1.15 bits per heavy atom. The molecule has 0 aliphatic carbocycles. The number of ether oxygens (including phenoxy) is 1. The van der Waals surface area contributed by atoms with Gasteiger partial charge in [0, 0.05) is 35.9 Å². The molecule has 1 unspecified atom stereocenters. The maximum absolute atomic E-state index is 13.3. The summed E-state index contributed by atoms with van der Waals surface area (Å²) in [5.41, 5.74) is 0.688. The van der Waals surface area contributed by atoms with Gasteiger partial charge in [-0.05, 0) is 49.4 Å². The van der Waals surface area contributed by atoms with Crippen molar-refractivity contribution in [2.75, 3.05) is 18.0 Å². The number of halogens is 3. The highest BCUT2D eigenvalue weighted by molar-refractivity contribution is 9.10. The molecule has 8 heteroatoms. The summed E-state index contributed by atoms with van der Waals surface area (Å²) in [6.07, 6.45) is -0.807. The number of carbonyl (C=O) groups excluding carboxylic acids is 2. The summed E-state index contributed by atoms with van der Waals surface area (Å²) in [6.45, 7) is 3.13. The van der Waals surface area contributed by atoms with Crippen molar-refractivity contribution in [2.24, 2.45) is 0 Å². The molecule has 2 rings (SSSR count). The van der Waals surface area contributed by atoms with Crippen molar-refractivity contribution in [1.82, 2.24) is 4.90 Å². The molecule has 2 aromatic carbocycles. The van der Waals surface area contributed by atoms with E-state index in [1.54, 1.807) is 12.1 Å². The van der Waals surface area contributed by atoms with Gasteiger partial charge in [0.15, 0.2) is 5.56 Å². The van der Waals surface area contributed by atoms with E-state index in [1.807, 2.05) is 29.2 Å². The van der Waals surface area contributed by atoms with Crippen molar-refractivity contribution in [3.05, 3.63) is 58.8 Å². The van der Waals surface area contributed by atoms with Crippen molar-refractivity contribution in [2.45, 2.75) is 19.4 Å². The summed E-state index contributed by atoms with van der Waals surface area (Å²) in [5, 5.41) is 0. The molecule has 1 atom stereocenters. The van der Waals surface area contributed by atoms with E-state index in [9.17, 15) is 14.0 Å². The zero-order valence-electron chi connectivity index (χ0n) is 14.9. The third-order valence-electron chi connectivity index (χ3n) is 3.67. The smallest absolute Gasteiger partial charge is 0.418 e. The van der Waals surface area contributed by atoms with E-state index >= 15 is 0 Å². The predicted octanol–water partition coefficient (Wildman–Crippen LogP) is 5.30. The van der Waals surface area contributed by atoms with Gasteiger partial charge in [0.25, 0.3) is 0 Å². The van der Waals surface area contributed by atoms with Crippen molar-refractivity contribution in [3.63, 3.8) is 0 Å². The summed E-state index contributed by atoms with van der Waals surface area (Å²) in [7, 11) is 0. The lowest BCUT2D eigenvalue weighted by atomic mass is 10.2. The van der Waals surface area contributed by atoms with Gasteiger partial charge < -0.3 is 9.64 Å². The fraction of sp³-hybridized carbons (Fsp3) is 0.263. The van der Waals surface area contributed by atoms with Crippen molar-refractivity contribution in [1.29, 1.82) is 0 Å². The van der Waals surface area contributed by atoms with E-state index in [-0.39, 0.29) is 18.9 Å². The Morgan fingerprint density at radius 2 is 1.81 bits per heavy atom. The van der Waals surface area contributed by atoms with Crippen LogP contribution in [0, 0.1) is 5.82 Å². The third kappa shape index (κ3) is 6.22. The molecular weight excluding hydrogens is 439 g/mol. The minimum Gasteiger partial charge on any atom is -0.430 e. The fourth-order valence-corrected chi connectivity index (χ4v) is 2.92. The molecule has 0 heterocycles. The normalized spacial score (nSPS) is 11.6. The number of nitrogens with zero attached hydrogens (tertiary/aromatic N) is 2. The van der Waals surface area contributed by atoms with Gasteiger partial charge >= 0.3 is 6.09 Å².